The monoisotopic (exact) mass is 562 g/mol. The lowest BCUT2D eigenvalue weighted by Gasteiger charge is -2.21. The Bertz CT molecular complexity index is 1360. The molecule has 0 saturated heterocycles. The van der Waals surface area contributed by atoms with Crippen molar-refractivity contribution in [3.05, 3.63) is 82.7 Å². The molecule has 0 amide bonds. The molecule has 2 aliphatic rings. The number of esters is 1. The van der Waals surface area contributed by atoms with Gasteiger partial charge in [-0.2, -0.15) is 0 Å². The van der Waals surface area contributed by atoms with E-state index < -0.39 is 17.3 Å². The number of rotatable bonds is 9. The molecule has 0 radical (unpaired) electrons. The molecule has 0 unspecified atom stereocenters. The van der Waals surface area contributed by atoms with Gasteiger partial charge in [0.2, 0.25) is 0 Å². The molecule has 7 heteroatoms. The van der Waals surface area contributed by atoms with E-state index in [0.29, 0.717) is 42.5 Å². The minimum atomic E-state index is -0.566. The fraction of sp³-hybridized carbons (Fsp3) is 0.412. The molecule has 218 valence electrons. The van der Waals surface area contributed by atoms with Gasteiger partial charge in [-0.05, 0) is 93.5 Å². The van der Waals surface area contributed by atoms with Crippen molar-refractivity contribution in [1.82, 2.24) is 0 Å². The van der Waals surface area contributed by atoms with Crippen LogP contribution in [0.25, 0.3) is 5.57 Å². The molecule has 2 aromatic carbocycles. The summed E-state index contributed by atoms with van der Waals surface area (Å²) in [6.45, 7) is 12.4. The van der Waals surface area contributed by atoms with E-state index in [2.05, 4.69) is 6.58 Å². The lowest BCUT2D eigenvalue weighted by atomic mass is 9.91. The van der Waals surface area contributed by atoms with Crippen LogP contribution < -0.4 is 14.2 Å². The quantitative estimate of drug-likeness (QED) is 0.235. The molecule has 0 fully saturated rings. The summed E-state index contributed by atoms with van der Waals surface area (Å²) in [6.07, 6.45) is 6.00. The van der Waals surface area contributed by atoms with Crippen LogP contribution in [0.1, 0.15) is 67.7 Å². The van der Waals surface area contributed by atoms with Crippen molar-refractivity contribution < 1.29 is 32.9 Å². The van der Waals surface area contributed by atoms with Gasteiger partial charge in [0, 0.05) is 23.1 Å². The molecular formula is C34H39FO6. The van der Waals surface area contributed by atoms with Crippen molar-refractivity contribution in [2.45, 2.75) is 65.4 Å². The van der Waals surface area contributed by atoms with Crippen LogP contribution in [0, 0.1) is 19.3 Å². The predicted molar refractivity (Wildman–Crippen MR) is 157 cm³/mol. The highest BCUT2D eigenvalue weighted by Gasteiger charge is 2.28. The number of ether oxygens (including phenoxy) is 4. The van der Waals surface area contributed by atoms with Gasteiger partial charge in [-0.3, -0.25) is 4.79 Å². The van der Waals surface area contributed by atoms with Gasteiger partial charge >= 0.3 is 5.97 Å². The molecule has 0 saturated carbocycles. The number of hydrogen-bond acceptors (Lipinski definition) is 6. The molecule has 1 aliphatic heterocycles. The van der Waals surface area contributed by atoms with Crippen LogP contribution in [0.5, 0.6) is 17.2 Å². The highest BCUT2D eigenvalue weighted by Crippen LogP contribution is 2.40. The van der Waals surface area contributed by atoms with Crippen molar-refractivity contribution in [3.63, 3.8) is 0 Å². The van der Waals surface area contributed by atoms with Crippen molar-refractivity contribution in [1.29, 1.82) is 0 Å². The number of carbonyl (C=O) groups is 2. The van der Waals surface area contributed by atoms with Crippen molar-refractivity contribution in [2.75, 3.05) is 20.3 Å². The third-order valence-electron chi connectivity index (χ3n) is 7.58. The third-order valence-corrected chi connectivity index (χ3v) is 7.58. The van der Waals surface area contributed by atoms with Gasteiger partial charge < -0.3 is 23.7 Å². The highest BCUT2D eigenvalue weighted by atomic mass is 19.1. The number of methoxy groups -OCH3 is 1. The number of allylic oxidation sites excluding steroid dienone is 3. The van der Waals surface area contributed by atoms with Gasteiger partial charge in [0.25, 0.3) is 0 Å². The molecule has 4 rings (SSSR count). The number of fused-ring (bicyclic) bond motifs is 1. The van der Waals surface area contributed by atoms with Gasteiger partial charge in [-0.1, -0.05) is 18.7 Å². The standard InChI is InChI=1S/C34H39FO6/c1-21-14-27(40-20-34(4,5)19-36)15-22(2)33(21)24-8-7-9-30(23(3)29(35)13-10-24)41-26-11-12-28-25(16-32(37)38-6)18-39-31(28)17-26/h10-15,17,19,25,30H,3,7-9,16,18,20H2,1-2,4-6H3/b24-10+,29-13+/t25-,30-/m1/s1. The zero-order valence-corrected chi connectivity index (χ0v) is 24.6. The maximum absolute atomic E-state index is 15.3. The normalized spacial score (nSPS) is 21.6. The Morgan fingerprint density at radius 2 is 1.88 bits per heavy atom. The molecule has 1 aliphatic carbocycles. The summed E-state index contributed by atoms with van der Waals surface area (Å²) < 4.78 is 38.0. The highest BCUT2D eigenvalue weighted by molar-refractivity contribution is 5.73. The average Bonchev–Trinajstić information content (AvgIpc) is 3.35. The van der Waals surface area contributed by atoms with Gasteiger partial charge in [0.1, 0.15) is 35.5 Å². The maximum Gasteiger partial charge on any atom is 0.306 e. The Labute approximate surface area is 241 Å². The Morgan fingerprint density at radius 1 is 1.15 bits per heavy atom. The van der Waals surface area contributed by atoms with Gasteiger partial charge in [-0.15, -0.1) is 0 Å². The second kappa shape index (κ2) is 12.8. The first-order valence-corrected chi connectivity index (χ1v) is 14.0. The third kappa shape index (κ3) is 7.26. The maximum atomic E-state index is 15.3. The molecule has 6 nitrogen and oxygen atoms in total. The summed E-state index contributed by atoms with van der Waals surface area (Å²) in [5, 5.41) is 0. The van der Waals surface area contributed by atoms with Crippen molar-refractivity contribution in [3.8, 4) is 17.2 Å². The molecular weight excluding hydrogens is 523 g/mol. The number of hydrogen-bond donors (Lipinski definition) is 0. The number of carbonyl (C=O) groups excluding carboxylic acids is 2. The minimum absolute atomic E-state index is 0.0630. The summed E-state index contributed by atoms with van der Waals surface area (Å²) in [4.78, 5) is 23.0. The zero-order chi connectivity index (χ0) is 29.7. The summed E-state index contributed by atoms with van der Waals surface area (Å²) in [7, 11) is 1.37. The van der Waals surface area contributed by atoms with Crippen LogP contribution in [-0.4, -0.2) is 38.7 Å². The Kier molecular flexibility index (Phi) is 9.36. The minimum Gasteiger partial charge on any atom is -0.493 e. The Balaban J connectivity index is 1.47. The van der Waals surface area contributed by atoms with Crippen molar-refractivity contribution >= 4 is 17.8 Å². The van der Waals surface area contributed by atoms with Crippen LogP contribution in [0.4, 0.5) is 4.39 Å². The van der Waals surface area contributed by atoms with Crippen LogP contribution >= 0.6 is 0 Å². The lowest BCUT2D eigenvalue weighted by molar-refractivity contribution is -0.141. The van der Waals surface area contributed by atoms with Crippen LogP contribution in [0.3, 0.4) is 0 Å². The zero-order valence-electron chi connectivity index (χ0n) is 24.6. The smallest absolute Gasteiger partial charge is 0.306 e. The topological polar surface area (TPSA) is 71.1 Å². The number of aldehydes is 1. The molecule has 2 aromatic rings. The summed E-state index contributed by atoms with van der Waals surface area (Å²) >= 11 is 0. The van der Waals surface area contributed by atoms with Crippen molar-refractivity contribution in [2.24, 2.45) is 5.41 Å². The van der Waals surface area contributed by atoms with E-state index in [1.165, 1.54) is 13.2 Å². The van der Waals surface area contributed by atoms with E-state index in [4.69, 9.17) is 18.9 Å². The van der Waals surface area contributed by atoms with Gasteiger partial charge in [0.15, 0.2) is 0 Å². The van der Waals surface area contributed by atoms with Crippen LogP contribution in [-0.2, 0) is 14.3 Å². The summed E-state index contributed by atoms with van der Waals surface area (Å²) in [5.41, 5.74) is 4.82. The average molecular weight is 563 g/mol. The summed E-state index contributed by atoms with van der Waals surface area (Å²) in [5.74, 6) is 1.17. The van der Waals surface area contributed by atoms with E-state index in [9.17, 15) is 9.59 Å². The largest absolute Gasteiger partial charge is 0.493 e. The Morgan fingerprint density at radius 3 is 2.56 bits per heavy atom. The van der Waals surface area contributed by atoms with E-state index >= 15 is 4.39 Å². The lowest BCUT2D eigenvalue weighted by Crippen LogP contribution is -2.22. The fourth-order valence-corrected chi connectivity index (χ4v) is 5.27. The second-order valence-electron chi connectivity index (χ2n) is 11.5. The van der Waals surface area contributed by atoms with Gasteiger partial charge in [-0.25, -0.2) is 4.39 Å². The molecule has 0 spiro atoms. The van der Waals surface area contributed by atoms with E-state index in [1.807, 2.05) is 58.0 Å². The molecule has 41 heavy (non-hydrogen) atoms. The van der Waals surface area contributed by atoms with E-state index in [0.717, 1.165) is 47.0 Å². The van der Waals surface area contributed by atoms with Crippen LogP contribution in [0.15, 0.2) is 60.5 Å². The SMILES string of the molecule is C=C1/C(F)=C\C=C(\c2c(C)cc(OCC(C)(C)C=O)cc2C)CCC[C@H]1Oc1ccc2c(c1)OC[C@H]2CC(=O)OC. The van der Waals surface area contributed by atoms with E-state index in [1.54, 1.807) is 6.07 Å². The number of benzene rings is 2. The first-order valence-electron chi connectivity index (χ1n) is 14.0. The molecule has 2 atom stereocenters. The summed E-state index contributed by atoms with van der Waals surface area (Å²) in [6, 6.07) is 9.45. The van der Waals surface area contributed by atoms with Crippen LogP contribution in [0.2, 0.25) is 0 Å². The molecule has 0 N–H and O–H groups in total. The molecule has 1 heterocycles. The first kappa shape index (κ1) is 30.1. The second-order valence-corrected chi connectivity index (χ2v) is 11.5. The molecule has 0 bridgehead atoms. The van der Waals surface area contributed by atoms with Gasteiger partial charge in [0.05, 0.1) is 32.2 Å². The Hall–Kier alpha value is -3.87. The number of aryl methyl sites for hydroxylation is 2. The van der Waals surface area contributed by atoms with E-state index in [-0.39, 0.29) is 18.3 Å². The predicted octanol–water partition coefficient (Wildman–Crippen LogP) is 7.37. The fourth-order valence-electron chi connectivity index (χ4n) is 5.27. The first-order chi connectivity index (χ1) is 19.5. The number of halogens is 1. The molecule has 0 aromatic heterocycles.